The van der Waals surface area contributed by atoms with Gasteiger partial charge in [0.2, 0.25) is 10.0 Å². The van der Waals surface area contributed by atoms with Crippen molar-refractivity contribution >= 4 is 27.5 Å². The topological polar surface area (TPSA) is 167 Å². The van der Waals surface area contributed by atoms with Crippen molar-refractivity contribution in [2.24, 2.45) is 0 Å². The summed E-state index contributed by atoms with van der Waals surface area (Å²) in [6.45, 7) is 3.19. The molecule has 0 fully saturated rings. The number of rotatable bonds is 13. The number of carbonyl (C=O) groups excluding carboxylic acids is 2. The van der Waals surface area contributed by atoms with Gasteiger partial charge in [0.15, 0.2) is 0 Å². The summed E-state index contributed by atoms with van der Waals surface area (Å²) in [5.74, 6) is -1.67. The Balaban J connectivity index is 1.64. The molecular formula is C32H37FN6O6S. The number of hydrogen-bond acceptors (Lipinski definition) is 8. The first-order chi connectivity index (χ1) is 21.7. The predicted octanol–water partition coefficient (Wildman–Crippen LogP) is 2.76. The molecule has 4 atom stereocenters. The van der Waals surface area contributed by atoms with Crippen molar-refractivity contribution in [1.29, 1.82) is 0 Å². The fourth-order valence-corrected chi connectivity index (χ4v) is 5.17. The summed E-state index contributed by atoms with van der Waals surface area (Å²) in [6.07, 6.45) is 0.714. The van der Waals surface area contributed by atoms with Crippen LogP contribution < -0.4 is 14.9 Å². The molecule has 0 saturated carbocycles. The molecule has 0 aliphatic rings. The van der Waals surface area contributed by atoms with Crippen LogP contribution in [0, 0.1) is 5.82 Å². The monoisotopic (exact) mass is 652 g/mol. The van der Waals surface area contributed by atoms with Crippen LogP contribution in [0.2, 0.25) is 0 Å². The van der Waals surface area contributed by atoms with Gasteiger partial charge in [0, 0.05) is 18.2 Å². The number of nitrogens with one attached hydrogen (secondary N) is 2. The molecule has 1 unspecified atom stereocenters. The van der Waals surface area contributed by atoms with Crippen LogP contribution in [-0.2, 0) is 23.0 Å². The number of aliphatic hydroxyl groups excluding tert-OH is 2. The first-order valence-electron chi connectivity index (χ1n) is 14.5. The molecule has 4 aromatic rings. The summed E-state index contributed by atoms with van der Waals surface area (Å²) in [5, 5.41) is 34.5. The average molecular weight is 653 g/mol. The smallest absolute Gasteiger partial charge is 0.251 e. The van der Waals surface area contributed by atoms with Gasteiger partial charge in [0.05, 0.1) is 49.0 Å². The molecule has 3 aromatic carbocycles. The van der Waals surface area contributed by atoms with E-state index in [0.717, 1.165) is 16.1 Å². The normalized spacial score (nSPS) is 14.2. The molecule has 0 spiro atoms. The summed E-state index contributed by atoms with van der Waals surface area (Å²) in [4.78, 5) is 27.1. The molecule has 4 N–H and O–H groups in total. The molecule has 244 valence electrons. The largest absolute Gasteiger partial charge is 0.389 e. The van der Waals surface area contributed by atoms with Crippen LogP contribution in [0.1, 0.15) is 63.5 Å². The molecule has 14 heteroatoms. The quantitative estimate of drug-likeness (QED) is 0.171. The third kappa shape index (κ3) is 8.96. The summed E-state index contributed by atoms with van der Waals surface area (Å²) in [5.41, 5.74) is 1.86. The van der Waals surface area contributed by atoms with Gasteiger partial charge in [-0.3, -0.25) is 13.9 Å². The zero-order chi connectivity index (χ0) is 33.6. The molecule has 12 nitrogen and oxygen atoms in total. The number of hydrogen-bond donors (Lipinski definition) is 4. The van der Waals surface area contributed by atoms with Crippen LogP contribution in [-0.4, -0.2) is 70.9 Å². The summed E-state index contributed by atoms with van der Waals surface area (Å²) in [7, 11) is -2.46. The molecule has 0 aliphatic heterocycles. The van der Waals surface area contributed by atoms with Gasteiger partial charge >= 0.3 is 0 Å². The Morgan fingerprint density at radius 2 is 1.57 bits per heavy atom. The van der Waals surface area contributed by atoms with E-state index in [1.165, 1.54) is 67.3 Å². The van der Waals surface area contributed by atoms with Crippen molar-refractivity contribution < 1.29 is 32.6 Å². The van der Waals surface area contributed by atoms with E-state index in [-0.39, 0.29) is 29.8 Å². The van der Waals surface area contributed by atoms with Gasteiger partial charge in [-0.25, -0.2) is 17.5 Å². The number of anilines is 1. The molecule has 0 bridgehead atoms. The average Bonchev–Trinajstić information content (AvgIpc) is 3.49. The molecule has 0 radical (unpaired) electrons. The Morgan fingerprint density at radius 1 is 0.957 bits per heavy atom. The first kappa shape index (κ1) is 34.2. The van der Waals surface area contributed by atoms with Crippen LogP contribution in [0.25, 0.3) is 0 Å². The number of nitrogens with zero attached hydrogens (tertiary/aromatic N) is 4. The number of aromatic nitrogens is 3. The number of carbonyl (C=O) groups is 2. The highest BCUT2D eigenvalue weighted by molar-refractivity contribution is 7.92. The van der Waals surface area contributed by atoms with Crippen LogP contribution >= 0.6 is 0 Å². The molecule has 4 rings (SSSR count). The van der Waals surface area contributed by atoms with E-state index in [1.807, 2.05) is 30.3 Å². The number of halogens is 1. The highest BCUT2D eigenvalue weighted by atomic mass is 32.2. The van der Waals surface area contributed by atoms with E-state index in [9.17, 15) is 32.6 Å². The van der Waals surface area contributed by atoms with E-state index in [0.29, 0.717) is 11.3 Å². The second kappa shape index (κ2) is 14.6. The SMILES string of the molecule is CC(O)c1cn(C[C@@H](O)[C@H](Cc2ccccc2)NC(=O)c2cc(C(=O)N[C@H](C)c3ccc(F)cc3)cc(N(C)S(C)(=O)=O)c2)nn1. The molecule has 1 aromatic heterocycles. The minimum Gasteiger partial charge on any atom is -0.389 e. The molecule has 0 aliphatic carbocycles. The van der Waals surface area contributed by atoms with Crippen LogP contribution in [0.4, 0.5) is 10.1 Å². The van der Waals surface area contributed by atoms with E-state index in [2.05, 4.69) is 20.9 Å². The summed E-state index contributed by atoms with van der Waals surface area (Å²) < 4.78 is 40.5. The van der Waals surface area contributed by atoms with E-state index >= 15 is 0 Å². The Morgan fingerprint density at radius 3 is 2.13 bits per heavy atom. The number of sulfonamides is 1. The Labute approximate surface area is 266 Å². The lowest BCUT2D eigenvalue weighted by atomic mass is 10.00. The van der Waals surface area contributed by atoms with Crippen LogP contribution in [0.5, 0.6) is 0 Å². The number of benzene rings is 3. The van der Waals surface area contributed by atoms with Crippen LogP contribution in [0.15, 0.2) is 79.0 Å². The molecule has 2 amide bonds. The lowest BCUT2D eigenvalue weighted by molar-refractivity contribution is 0.0778. The standard InChI is InChI=1S/C32H37FN6O6S/c1-20(23-10-12-26(33)13-11-23)34-31(42)24-15-25(17-27(16-24)38(3)46(4,44)45)32(43)35-28(14-22-8-6-5-7-9-22)30(41)19-39-18-29(21(2)40)36-37-39/h5-13,15-18,20-21,28,30,40-41H,14,19H2,1-4H3,(H,34,42)(H,35,43)/t20-,21?,28+,30-/m1/s1. The molecule has 0 saturated heterocycles. The maximum absolute atomic E-state index is 13.7. The summed E-state index contributed by atoms with van der Waals surface area (Å²) >= 11 is 0. The molecule has 1 heterocycles. The van der Waals surface area contributed by atoms with Gasteiger partial charge in [-0.1, -0.05) is 47.7 Å². The molecular weight excluding hydrogens is 615 g/mol. The van der Waals surface area contributed by atoms with E-state index in [1.54, 1.807) is 6.92 Å². The van der Waals surface area contributed by atoms with Crippen molar-refractivity contribution in [2.45, 2.75) is 51.1 Å². The zero-order valence-corrected chi connectivity index (χ0v) is 26.6. The Hall–Kier alpha value is -4.66. The van der Waals surface area contributed by atoms with Gasteiger partial charge in [-0.15, -0.1) is 5.10 Å². The van der Waals surface area contributed by atoms with Crippen molar-refractivity contribution in [3.05, 3.63) is 113 Å². The van der Waals surface area contributed by atoms with Crippen molar-refractivity contribution in [2.75, 3.05) is 17.6 Å². The lowest BCUT2D eigenvalue weighted by Gasteiger charge is -2.25. The first-order valence-corrected chi connectivity index (χ1v) is 16.3. The summed E-state index contributed by atoms with van der Waals surface area (Å²) in [6, 6.07) is 17.5. The minimum atomic E-state index is -3.77. The highest BCUT2D eigenvalue weighted by Gasteiger charge is 2.26. The number of amides is 2. The fraction of sp³-hybridized carbons (Fsp3) is 0.312. The Kier molecular flexibility index (Phi) is 10.9. The third-order valence-corrected chi connectivity index (χ3v) is 8.66. The van der Waals surface area contributed by atoms with Gasteiger partial charge < -0.3 is 20.8 Å². The minimum absolute atomic E-state index is 0.0144. The highest BCUT2D eigenvalue weighted by Crippen LogP contribution is 2.23. The zero-order valence-electron chi connectivity index (χ0n) is 25.8. The van der Waals surface area contributed by atoms with Crippen molar-refractivity contribution in [1.82, 2.24) is 25.6 Å². The fourth-order valence-electron chi connectivity index (χ4n) is 4.68. The second-order valence-corrected chi connectivity index (χ2v) is 13.1. The van der Waals surface area contributed by atoms with E-state index in [4.69, 9.17) is 0 Å². The maximum Gasteiger partial charge on any atom is 0.251 e. The molecule has 46 heavy (non-hydrogen) atoms. The van der Waals surface area contributed by atoms with Gasteiger partial charge in [-0.05, 0) is 61.7 Å². The van der Waals surface area contributed by atoms with Gasteiger partial charge in [0.1, 0.15) is 11.5 Å². The van der Waals surface area contributed by atoms with Gasteiger partial charge in [0.25, 0.3) is 11.8 Å². The predicted molar refractivity (Wildman–Crippen MR) is 170 cm³/mol. The van der Waals surface area contributed by atoms with Crippen molar-refractivity contribution in [3.8, 4) is 0 Å². The Bertz CT molecular complexity index is 1770. The van der Waals surface area contributed by atoms with Gasteiger partial charge in [-0.2, -0.15) is 0 Å². The number of aliphatic hydroxyl groups is 2. The lowest BCUT2D eigenvalue weighted by Crippen LogP contribution is -2.46. The third-order valence-electron chi connectivity index (χ3n) is 7.46. The second-order valence-electron chi connectivity index (χ2n) is 11.1. The van der Waals surface area contributed by atoms with Crippen LogP contribution in [0.3, 0.4) is 0 Å². The van der Waals surface area contributed by atoms with E-state index < -0.39 is 51.9 Å². The maximum atomic E-state index is 13.7. The van der Waals surface area contributed by atoms with Crippen molar-refractivity contribution in [3.63, 3.8) is 0 Å².